The van der Waals surface area contributed by atoms with Crippen LogP contribution in [0.15, 0.2) is 140 Å². The normalized spacial score (nSPS) is 19.0. The van der Waals surface area contributed by atoms with Gasteiger partial charge in [0.1, 0.15) is 59.3 Å². The zero-order chi connectivity index (χ0) is 87.2. The van der Waals surface area contributed by atoms with Crippen molar-refractivity contribution in [1.82, 2.24) is 124 Å². The lowest BCUT2D eigenvalue weighted by Crippen LogP contribution is -2.37. The van der Waals surface area contributed by atoms with Gasteiger partial charge in [-0.1, -0.05) is 51.4 Å². The van der Waals surface area contributed by atoms with Crippen molar-refractivity contribution in [2.45, 2.75) is 218 Å². The molecule has 0 spiro atoms. The Labute approximate surface area is 710 Å². The van der Waals surface area contributed by atoms with Gasteiger partial charge in [-0.2, -0.15) is 51.7 Å². The first kappa shape index (κ1) is 84.2. The summed E-state index contributed by atoms with van der Waals surface area (Å²) in [6.45, 7) is 0. The summed E-state index contributed by atoms with van der Waals surface area (Å²) in [7, 11) is 0. The van der Waals surface area contributed by atoms with E-state index in [2.05, 4.69) is 131 Å². The number of hydrogen-bond donors (Lipinski definition) is 15. The molecule has 7 unspecified atom stereocenters. The van der Waals surface area contributed by atoms with Crippen LogP contribution in [0.5, 0.6) is 11.6 Å². The van der Waals surface area contributed by atoms with Crippen molar-refractivity contribution in [2.24, 2.45) is 0 Å². The van der Waals surface area contributed by atoms with E-state index < -0.39 is 64.0 Å². The molecule has 15 N–H and O–H groups in total. The Hall–Kier alpha value is -14.4. The van der Waals surface area contributed by atoms with Gasteiger partial charge in [0.15, 0.2) is 5.88 Å². The predicted molar refractivity (Wildman–Crippen MR) is 449 cm³/mol. The molecule has 40 nitrogen and oxygen atoms in total. The average molecular weight is 1690 g/mol. The molecule has 40 heteroatoms. The Morgan fingerprint density at radius 3 is 1.32 bits per heavy atom. The van der Waals surface area contributed by atoms with Gasteiger partial charge in [0.05, 0.1) is 191 Å². The fourth-order valence-corrected chi connectivity index (χ4v) is 18.7. The maximum atomic E-state index is 12.5. The number of nitrogens with zero attached hydrogens (tertiary/aromatic N) is 23. The molecule has 0 saturated heterocycles. The molecule has 15 aromatic heterocycles. The van der Waals surface area contributed by atoms with Gasteiger partial charge < -0.3 is 70.8 Å². The second-order valence-electron chi connectivity index (χ2n) is 32.7. The molecule has 5 aliphatic carbocycles. The highest BCUT2D eigenvalue weighted by atomic mass is 16.3. The highest BCUT2D eigenvalue weighted by Crippen LogP contribution is 2.47. The van der Waals surface area contributed by atoms with Gasteiger partial charge in [0, 0.05) is 112 Å². The highest BCUT2D eigenvalue weighted by molar-refractivity contribution is 5.96. The molecular formula is C85H90N30O10. The van der Waals surface area contributed by atoms with E-state index >= 15 is 0 Å². The van der Waals surface area contributed by atoms with Gasteiger partial charge >= 0.3 is 5.69 Å². The molecule has 0 bridgehead atoms. The zero-order valence-electron chi connectivity index (χ0n) is 67.7. The summed E-state index contributed by atoms with van der Waals surface area (Å²) in [6.07, 6.45) is 42.2. The number of aromatic hydroxyl groups is 2. The first-order valence-electron chi connectivity index (χ1n) is 41.4. The lowest BCUT2D eigenvalue weighted by atomic mass is 9.90. The van der Waals surface area contributed by atoms with Gasteiger partial charge in [0.25, 0.3) is 5.56 Å². The molecule has 0 aromatic carbocycles. The summed E-state index contributed by atoms with van der Waals surface area (Å²) in [5.41, 5.74) is 3.87. The molecular weight excluding hydrogens is 1600 g/mol. The highest BCUT2D eigenvalue weighted by Gasteiger charge is 2.47. The minimum Gasteiger partial charge on any atom is -0.506 e. The SMILES string of the molecule is N#CCC(n1cc(-c2[nH]c(=O)nc3[nH]ccc23)cn1)C1(O)CCCC1.N#CCC(n1cc(-c2ncnc3[nH]c(O)cc23)cn1)C1(O)CCCC1.N#CCC(n1cc(-c2ncnc3[nH]cc(O)c23)cn1)C1(O)CCCC1.N#CCC(n1cc(-c2ncnc3[nH]ccc23)c(=O)[nH]1)C1(O)CCCC1.N#CCC(n1cc(-c2ncnc3[nH]ccc23)cn1)C1(O)CCC(O)C1. The van der Waals surface area contributed by atoms with Crippen LogP contribution in [-0.2, 0) is 0 Å². The number of hydrogen-bond acceptors (Lipinski definition) is 28. The smallest absolute Gasteiger partial charge is 0.347 e. The van der Waals surface area contributed by atoms with Crippen molar-refractivity contribution < 1.29 is 40.9 Å². The van der Waals surface area contributed by atoms with Crippen LogP contribution in [0.1, 0.15) is 184 Å². The number of aromatic nitrogens is 25. The monoisotopic (exact) mass is 1690 g/mol. The lowest BCUT2D eigenvalue weighted by molar-refractivity contribution is -0.0192. The van der Waals surface area contributed by atoms with Crippen molar-refractivity contribution >= 4 is 55.2 Å². The van der Waals surface area contributed by atoms with Gasteiger partial charge in [0.2, 0.25) is 0 Å². The molecule has 0 aliphatic heterocycles. The Kier molecular flexibility index (Phi) is 23.9. The molecule has 15 aromatic rings. The largest absolute Gasteiger partial charge is 0.506 e. The van der Waals surface area contributed by atoms with E-state index in [0.717, 1.165) is 90.0 Å². The summed E-state index contributed by atoms with van der Waals surface area (Å²) in [6, 6.07) is 15.7. The average Bonchev–Trinajstić information content (AvgIpc) is 1.65. The van der Waals surface area contributed by atoms with Crippen molar-refractivity contribution in [3.8, 4) is 98.3 Å². The van der Waals surface area contributed by atoms with E-state index in [1.54, 1.807) is 104 Å². The Morgan fingerprint density at radius 2 is 0.832 bits per heavy atom. The van der Waals surface area contributed by atoms with Crippen molar-refractivity contribution in [2.75, 3.05) is 0 Å². The summed E-state index contributed by atoms with van der Waals surface area (Å²) in [5, 5.41) is 154. The standard InChI is InChI=1S/5C17H18N6O2/c18-5-2-14(17(25)4-1-12(24)7-17)23-9-11(8-22-23)15-13-3-6-19-16(13)21-10-20-15;18-7-3-13(17(25)5-1-2-6-17)23-10-11(9-20-23)14-12-4-8-19-15(12)22-16(24)21-14;18-7-3-13(17(25)5-1-2-6-17)23-9-12(16(24)22-23)14-11-4-8-19-15(11)21-10-20-14;18-6-3-13(17(25)4-1-2-5-17)23-9-11(8-21-23)15-12-7-14(24)22-16(12)20-10-19-15;18-6-3-13(17(25)4-1-2-5-17)23-9-11(7-22-23)15-14-12(24)8-19-16(14)21-10-20-15/h3,6,8-10,12,14,24-25H,1-2,4,7H2,(H,19,20,21);4,8-10,13,25H,1-3,5-6H2,(H2,19,21,22,24);4,8-10,13,25H,1-3,5-6H2,(H,22,24)(H,19,20,21);7-10,13,24-25H,1-5H2,(H,19,20,22);7-10,13,24-25H,1-5H2,(H,19,20,21). The van der Waals surface area contributed by atoms with E-state index in [4.69, 9.17) is 0 Å². The fourth-order valence-electron chi connectivity index (χ4n) is 18.7. The molecule has 0 amide bonds. The topological polar surface area (TPSA) is 618 Å². The minimum atomic E-state index is -1.13. The molecule has 20 rings (SSSR count). The van der Waals surface area contributed by atoms with Crippen molar-refractivity contribution in [3.05, 3.63) is 151 Å². The number of H-pyrrole nitrogens is 7. The van der Waals surface area contributed by atoms with Gasteiger partial charge in [-0.15, -0.1) is 0 Å². The molecule has 15 heterocycles. The molecule has 125 heavy (non-hydrogen) atoms. The third-order valence-electron chi connectivity index (χ3n) is 25.0. The van der Waals surface area contributed by atoms with Gasteiger partial charge in [-0.25, -0.2) is 44.7 Å². The van der Waals surface area contributed by atoms with E-state index in [1.165, 1.54) is 31.5 Å². The molecule has 5 saturated carbocycles. The first-order chi connectivity index (χ1) is 60.6. The summed E-state index contributed by atoms with van der Waals surface area (Å²) in [4.78, 5) is 79.2. The lowest BCUT2D eigenvalue weighted by Gasteiger charge is -2.31. The van der Waals surface area contributed by atoms with Crippen LogP contribution < -0.4 is 11.2 Å². The van der Waals surface area contributed by atoms with E-state index in [9.17, 15) is 76.8 Å². The number of nitrogens with one attached hydrogen (secondary N) is 7. The van der Waals surface area contributed by atoms with Crippen LogP contribution in [0.4, 0.5) is 0 Å². The number of nitriles is 5. The minimum absolute atomic E-state index is 0.0202. The number of aliphatic hydroxyl groups excluding tert-OH is 1. The van der Waals surface area contributed by atoms with Gasteiger partial charge in [-0.3, -0.25) is 33.3 Å². The second-order valence-corrected chi connectivity index (χ2v) is 32.7. The summed E-state index contributed by atoms with van der Waals surface area (Å²) in [5.74, 6) is 0.0908. The first-order valence-corrected chi connectivity index (χ1v) is 41.4. The van der Waals surface area contributed by atoms with E-state index in [-0.39, 0.29) is 61.8 Å². The second kappa shape index (κ2) is 35.6. The molecule has 5 aliphatic rings. The maximum absolute atomic E-state index is 12.5. The third kappa shape index (κ3) is 17.1. The van der Waals surface area contributed by atoms with Crippen LogP contribution in [0, 0.1) is 56.7 Å². The fraction of sp³-hybridized carbons (Fsp3) is 0.412. The number of aromatic amines is 7. The van der Waals surface area contributed by atoms with Crippen molar-refractivity contribution in [3.63, 3.8) is 0 Å². The van der Waals surface area contributed by atoms with Crippen molar-refractivity contribution in [1.29, 1.82) is 26.3 Å². The van der Waals surface area contributed by atoms with E-state index in [1.807, 2.05) is 18.2 Å². The number of aliphatic hydroxyl groups is 6. The molecule has 640 valence electrons. The quantitative estimate of drug-likeness (QED) is 0.0337. The van der Waals surface area contributed by atoms with Crippen LogP contribution in [-0.4, -0.2) is 199 Å². The molecule has 7 atom stereocenters. The number of rotatable bonds is 20. The number of fused-ring (bicyclic) bond motifs is 5. The Bertz CT molecular complexity index is 6680. The Morgan fingerprint density at radius 1 is 0.432 bits per heavy atom. The molecule has 5 fully saturated rings. The Balaban J connectivity index is 0.000000115. The molecule has 0 radical (unpaired) electrons. The van der Waals surface area contributed by atoms with Crippen LogP contribution in [0.2, 0.25) is 0 Å². The third-order valence-corrected chi connectivity index (χ3v) is 25.0. The zero-order valence-corrected chi connectivity index (χ0v) is 67.7. The predicted octanol–water partition coefficient (Wildman–Crippen LogP) is 9.87. The van der Waals surface area contributed by atoms with Crippen LogP contribution in [0.25, 0.3) is 111 Å². The summed E-state index contributed by atoms with van der Waals surface area (Å²) < 4.78 is 8.18. The maximum Gasteiger partial charge on any atom is 0.347 e. The summed E-state index contributed by atoms with van der Waals surface area (Å²) >= 11 is 0. The van der Waals surface area contributed by atoms with E-state index in [0.29, 0.717) is 137 Å². The van der Waals surface area contributed by atoms with Gasteiger partial charge in [-0.05, 0) is 82.4 Å². The van der Waals surface area contributed by atoms with Crippen LogP contribution >= 0.6 is 0 Å². The van der Waals surface area contributed by atoms with Crippen LogP contribution in [0.3, 0.4) is 0 Å².